The van der Waals surface area contributed by atoms with Crippen LogP contribution < -0.4 is 5.32 Å². The minimum Gasteiger partial charge on any atom is -0.313 e. The molecule has 1 aliphatic heterocycles. The first-order valence-corrected chi connectivity index (χ1v) is 9.26. The summed E-state index contributed by atoms with van der Waals surface area (Å²) in [6.45, 7) is 5.89. The first-order chi connectivity index (χ1) is 9.95. The van der Waals surface area contributed by atoms with E-state index in [0.717, 1.165) is 31.4 Å². The molecule has 0 bridgehead atoms. The lowest BCUT2D eigenvalue weighted by molar-refractivity contribution is 0.369. The van der Waals surface area contributed by atoms with Gasteiger partial charge in [-0.15, -0.1) is 0 Å². The minimum absolute atomic E-state index is 0.209. The molecule has 0 aromatic heterocycles. The molecule has 118 valence electrons. The number of benzene rings is 1. The highest BCUT2D eigenvalue weighted by molar-refractivity contribution is 7.89. The molecule has 1 heterocycles. The van der Waals surface area contributed by atoms with Gasteiger partial charge in [-0.25, -0.2) is 8.42 Å². The van der Waals surface area contributed by atoms with Gasteiger partial charge in [-0.2, -0.15) is 4.31 Å². The number of halogens is 1. The van der Waals surface area contributed by atoms with Gasteiger partial charge in [0.05, 0.1) is 5.02 Å². The Labute approximate surface area is 132 Å². The largest absolute Gasteiger partial charge is 0.313 e. The minimum atomic E-state index is -3.54. The maximum atomic E-state index is 12.9. The molecule has 0 aliphatic carbocycles. The van der Waals surface area contributed by atoms with Crippen LogP contribution in [0.4, 0.5) is 0 Å². The van der Waals surface area contributed by atoms with Crippen LogP contribution in [0.5, 0.6) is 0 Å². The topological polar surface area (TPSA) is 49.4 Å². The van der Waals surface area contributed by atoms with E-state index in [-0.39, 0.29) is 10.9 Å². The van der Waals surface area contributed by atoms with Crippen LogP contribution in [-0.4, -0.2) is 38.4 Å². The molecule has 0 radical (unpaired) electrons. The lowest BCUT2D eigenvalue weighted by Crippen LogP contribution is -2.41. The predicted molar refractivity (Wildman–Crippen MR) is 86.3 cm³/mol. The van der Waals surface area contributed by atoms with Gasteiger partial charge in [-0.1, -0.05) is 24.6 Å². The van der Waals surface area contributed by atoms with Gasteiger partial charge >= 0.3 is 0 Å². The number of aryl methyl sites for hydroxylation is 1. The average Bonchev–Trinajstić information content (AvgIpc) is 2.90. The Balaban J connectivity index is 2.27. The number of nitrogens with one attached hydrogen (secondary N) is 1. The van der Waals surface area contributed by atoms with Crippen molar-refractivity contribution in [1.82, 2.24) is 9.62 Å². The molecule has 1 aromatic carbocycles. The highest BCUT2D eigenvalue weighted by Crippen LogP contribution is 2.26. The maximum absolute atomic E-state index is 12.9. The molecule has 6 heteroatoms. The van der Waals surface area contributed by atoms with Crippen LogP contribution in [0.15, 0.2) is 23.1 Å². The molecule has 1 fully saturated rings. The van der Waals surface area contributed by atoms with Gasteiger partial charge in [0.25, 0.3) is 0 Å². The van der Waals surface area contributed by atoms with Crippen molar-refractivity contribution in [1.29, 1.82) is 0 Å². The second kappa shape index (κ2) is 7.09. The Morgan fingerprint density at radius 1 is 1.43 bits per heavy atom. The van der Waals surface area contributed by atoms with Crippen LogP contribution in [0, 0.1) is 6.92 Å². The van der Waals surface area contributed by atoms with E-state index in [4.69, 9.17) is 11.6 Å². The van der Waals surface area contributed by atoms with E-state index in [1.165, 1.54) is 0 Å². The first kappa shape index (κ1) is 16.7. The second-order valence-electron chi connectivity index (χ2n) is 5.59. The smallest absolute Gasteiger partial charge is 0.244 e. The number of nitrogens with zero attached hydrogens (tertiary/aromatic N) is 1. The molecule has 1 aromatic rings. The van der Waals surface area contributed by atoms with Gasteiger partial charge in [-0.05, 0) is 50.4 Å². The number of hydrogen-bond donors (Lipinski definition) is 1. The van der Waals surface area contributed by atoms with Crippen molar-refractivity contribution < 1.29 is 8.42 Å². The summed E-state index contributed by atoms with van der Waals surface area (Å²) >= 11 is 6.15. The van der Waals surface area contributed by atoms with E-state index in [1.807, 2.05) is 13.8 Å². The fraction of sp³-hybridized carbons (Fsp3) is 0.600. The Morgan fingerprint density at radius 2 is 2.19 bits per heavy atom. The predicted octanol–water partition coefficient (Wildman–Crippen LogP) is 2.80. The van der Waals surface area contributed by atoms with Crippen LogP contribution >= 0.6 is 11.6 Å². The van der Waals surface area contributed by atoms with Gasteiger partial charge in [-0.3, -0.25) is 0 Å². The van der Waals surface area contributed by atoms with Crippen LogP contribution in [-0.2, 0) is 10.0 Å². The lowest BCUT2D eigenvalue weighted by atomic mass is 10.2. The van der Waals surface area contributed by atoms with Crippen LogP contribution in [0.3, 0.4) is 0 Å². The summed E-state index contributed by atoms with van der Waals surface area (Å²) in [5.41, 5.74) is 0.957. The van der Waals surface area contributed by atoms with Crippen LogP contribution in [0.1, 0.15) is 31.7 Å². The van der Waals surface area contributed by atoms with Crippen molar-refractivity contribution in [3.8, 4) is 0 Å². The summed E-state index contributed by atoms with van der Waals surface area (Å²) < 4.78 is 27.3. The molecule has 1 unspecified atom stereocenters. The molecule has 2 rings (SSSR count). The zero-order valence-corrected chi connectivity index (χ0v) is 14.2. The molecule has 0 amide bonds. The van der Waals surface area contributed by atoms with Crippen molar-refractivity contribution in [2.45, 2.75) is 44.0 Å². The van der Waals surface area contributed by atoms with Crippen molar-refractivity contribution in [2.24, 2.45) is 0 Å². The third kappa shape index (κ3) is 3.97. The summed E-state index contributed by atoms with van der Waals surface area (Å²) in [6.07, 6.45) is 2.92. The molecule has 4 nitrogen and oxygen atoms in total. The van der Waals surface area contributed by atoms with Gasteiger partial charge in [0.1, 0.15) is 4.90 Å². The molecule has 1 atom stereocenters. The highest BCUT2D eigenvalue weighted by atomic mass is 35.5. The highest BCUT2D eigenvalue weighted by Gasteiger charge is 2.29. The Bertz CT molecular complexity index is 583. The lowest BCUT2D eigenvalue weighted by Gasteiger charge is -2.25. The Morgan fingerprint density at radius 3 is 2.76 bits per heavy atom. The van der Waals surface area contributed by atoms with E-state index in [9.17, 15) is 8.42 Å². The first-order valence-electron chi connectivity index (χ1n) is 7.45. The second-order valence-corrected chi connectivity index (χ2v) is 7.90. The van der Waals surface area contributed by atoms with Crippen molar-refractivity contribution >= 4 is 21.6 Å². The summed E-state index contributed by atoms with van der Waals surface area (Å²) in [4.78, 5) is 0.209. The summed E-state index contributed by atoms with van der Waals surface area (Å²) in [7, 11) is -3.54. The summed E-state index contributed by atoms with van der Waals surface area (Å²) in [6, 6.07) is 5.34. The average molecular weight is 331 g/mol. The zero-order valence-electron chi connectivity index (χ0n) is 12.6. The fourth-order valence-corrected chi connectivity index (χ4v) is 4.82. The van der Waals surface area contributed by atoms with Gasteiger partial charge in [0.2, 0.25) is 10.0 Å². The van der Waals surface area contributed by atoms with E-state index in [0.29, 0.717) is 18.1 Å². The molecule has 0 spiro atoms. The maximum Gasteiger partial charge on any atom is 0.244 e. The third-order valence-electron chi connectivity index (χ3n) is 3.76. The molecule has 1 N–H and O–H groups in total. The van der Waals surface area contributed by atoms with E-state index < -0.39 is 10.0 Å². The molecular weight excluding hydrogens is 308 g/mol. The van der Waals surface area contributed by atoms with Crippen molar-refractivity contribution in [3.63, 3.8) is 0 Å². The van der Waals surface area contributed by atoms with E-state index >= 15 is 0 Å². The quantitative estimate of drug-likeness (QED) is 0.872. The normalized spacial score (nSPS) is 19.3. The fourth-order valence-electron chi connectivity index (χ4n) is 2.67. The van der Waals surface area contributed by atoms with E-state index in [1.54, 1.807) is 22.5 Å². The Hall–Kier alpha value is -0.620. The molecule has 21 heavy (non-hydrogen) atoms. The standard InChI is InChI=1S/C15H23ClN2O2S/c1-3-9-18(11-13-5-4-8-17-13)21(19,20)15-7-6-12(2)10-14(15)16/h6-7,10,13,17H,3-5,8-9,11H2,1-2H3. The van der Waals surface area contributed by atoms with Crippen LogP contribution in [0.2, 0.25) is 5.02 Å². The van der Waals surface area contributed by atoms with Crippen molar-refractivity contribution in [3.05, 3.63) is 28.8 Å². The van der Waals surface area contributed by atoms with Crippen LogP contribution in [0.25, 0.3) is 0 Å². The van der Waals surface area contributed by atoms with Gasteiger partial charge in [0, 0.05) is 19.1 Å². The van der Waals surface area contributed by atoms with E-state index in [2.05, 4.69) is 5.32 Å². The molecular formula is C15H23ClN2O2S. The monoisotopic (exact) mass is 330 g/mol. The third-order valence-corrected chi connectivity index (χ3v) is 6.11. The van der Waals surface area contributed by atoms with Gasteiger partial charge < -0.3 is 5.32 Å². The van der Waals surface area contributed by atoms with Crippen molar-refractivity contribution in [2.75, 3.05) is 19.6 Å². The number of rotatable bonds is 6. The zero-order chi connectivity index (χ0) is 15.5. The number of hydrogen-bond acceptors (Lipinski definition) is 3. The summed E-state index contributed by atoms with van der Waals surface area (Å²) in [5.74, 6) is 0. The molecule has 1 saturated heterocycles. The van der Waals surface area contributed by atoms with Gasteiger partial charge in [0.15, 0.2) is 0 Å². The molecule has 0 saturated carbocycles. The Kier molecular flexibility index (Phi) is 5.66. The summed E-state index contributed by atoms with van der Waals surface area (Å²) in [5, 5.41) is 3.66. The number of sulfonamides is 1. The molecule has 1 aliphatic rings. The SMILES string of the molecule is CCCN(CC1CCCN1)S(=O)(=O)c1ccc(C)cc1Cl.